The van der Waals surface area contributed by atoms with Crippen molar-refractivity contribution in [3.63, 3.8) is 0 Å². The number of benzene rings is 2. The molecule has 7 heteroatoms. The molecule has 31 heavy (non-hydrogen) atoms. The van der Waals surface area contributed by atoms with Gasteiger partial charge in [-0.3, -0.25) is 9.78 Å². The van der Waals surface area contributed by atoms with E-state index in [0.29, 0.717) is 11.5 Å². The first kappa shape index (κ1) is 20.4. The average molecular weight is 415 g/mol. The van der Waals surface area contributed by atoms with Gasteiger partial charge in [0.15, 0.2) is 0 Å². The number of rotatable bonds is 5. The van der Waals surface area contributed by atoms with Gasteiger partial charge in [0.05, 0.1) is 11.0 Å². The molecule has 0 bridgehead atoms. The van der Waals surface area contributed by atoms with Crippen molar-refractivity contribution in [2.45, 2.75) is 26.2 Å². The van der Waals surface area contributed by atoms with E-state index in [2.05, 4.69) is 43.2 Å². The normalized spacial score (nSPS) is 11.5. The van der Waals surface area contributed by atoms with E-state index >= 15 is 0 Å². The van der Waals surface area contributed by atoms with Gasteiger partial charge in [0.2, 0.25) is 5.95 Å². The highest BCUT2D eigenvalue weighted by molar-refractivity contribution is 5.91. The molecular weight excluding hydrogens is 390 g/mol. The van der Waals surface area contributed by atoms with Crippen LogP contribution in [-0.2, 0) is 12.5 Å². The monoisotopic (exact) mass is 415 g/mol. The topological polar surface area (TPSA) is 95.1 Å². The van der Waals surface area contributed by atoms with E-state index in [-0.39, 0.29) is 11.1 Å². The van der Waals surface area contributed by atoms with Crippen LogP contribution < -0.4 is 15.8 Å². The Labute approximate surface area is 180 Å². The minimum absolute atomic E-state index is 0.0671. The predicted molar refractivity (Wildman–Crippen MR) is 122 cm³/mol. The third-order valence-corrected chi connectivity index (χ3v) is 5.06. The number of anilines is 2. The summed E-state index contributed by atoms with van der Waals surface area (Å²) in [6, 6.07) is 17.2. The zero-order valence-electron chi connectivity index (χ0n) is 18.0. The minimum atomic E-state index is -0.600. The van der Waals surface area contributed by atoms with Crippen LogP contribution in [-0.4, -0.2) is 20.4 Å². The Morgan fingerprint density at radius 3 is 2.58 bits per heavy atom. The summed E-state index contributed by atoms with van der Waals surface area (Å²) in [6.45, 7) is 6.58. The fourth-order valence-electron chi connectivity index (χ4n) is 3.29. The van der Waals surface area contributed by atoms with Crippen LogP contribution in [0, 0.1) is 0 Å². The first-order valence-corrected chi connectivity index (χ1v) is 9.98. The summed E-state index contributed by atoms with van der Waals surface area (Å²) in [4.78, 5) is 20.0. The van der Waals surface area contributed by atoms with Gasteiger partial charge in [0.1, 0.15) is 17.2 Å². The minimum Gasteiger partial charge on any atom is -0.457 e. The number of fused-ring (bicyclic) bond motifs is 1. The van der Waals surface area contributed by atoms with Gasteiger partial charge in [-0.05, 0) is 41.3 Å². The number of primary amides is 1. The van der Waals surface area contributed by atoms with E-state index in [1.165, 1.54) is 17.8 Å². The maximum Gasteiger partial charge on any atom is 0.267 e. The van der Waals surface area contributed by atoms with Crippen molar-refractivity contribution in [2.75, 3.05) is 5.32 Å². The van der Waals surface area contributed by atoms with Gasteiger partial charge in [-0.25, -0.2) is 4.98 Å². The molecular formula is C24H25N5O2. The number of imidazole rings is 1. The summed E-state index contributed by atoms with van der Waals surface area (Å²) in [5.41, 5.74) is 9.50. The number of nitrogens with one attached hydrogen (secondary N) is 1. The second kappa shape index (κ2) is 7.75. The third kappa shape index (κ3) is 4.35. The number of hydrogen-bond donors (Lipinski definition) is 2. The molecule has 0 aliphatic rings. The first-order valence-electron chi connectivity index (χ1n) is 9.98. The van der Waals surface area contributed by atoms with E-state index in [0.717, 1.165) is 22.7 Å². The van der Waals surface area contributed by atoms with Gasteiger partial charge in [-0.1, -0.05) is 32.9 Å². The summed E-state index contributed by atoms with van der Waals surface area (Å²) in [5, 5.41) is 3.41. The van der Waals surface area contributed by atoms with Crippen molar-refractivity contribution in [3.05, 3.63) is 72.1 Å². The largest absolute Gasteiger partial charge is 0.457 e. The molecule has 0 unspecified atom stereocenters. The number of amides is 1. The van der Waals surface area contributed by atoms with E-state index in [1.54, 1.807) is 6.07 Å². The highest BCUT2D eigenvalue weighted by atomic mass is 16.5. The number of aromatic nitrogens is 3. The SMILES string of the molecule is Cn1c(Nc2cccc(C(C)(C)C)c2)nc2cc(Oc3ccnc(C(N)=O)c3)ccc21. The molecule has 0 aliphatic carbocycles. The number of aryl methyl sites for hydroxylation is 1. The standard InChI is InChI=1S/C24H25N5O2/c1-24(2,3)15-6-5-7-16(12-15)27-23-28-19-13-17(8-9-21(19)29(23)4)31-18-10-11-26-20(14-18)22(25)30/h5-14H,1-4H3,(H2,25,30)(H,27,28). The van der Waals surface area contributed by atoms with Gasteiger partial charge < -0.3 is 20.4 Å². The van der Waals surface area contributed by atoms with E-state index in [4.69, 9.17) is 15.5 Å². The van der Waals surface area contributed by atoms with E-state index < -0.39 is 5.91 Å². The molecule has 0 aliphatic heterocycles. The molecule has 2 aromatic carbocycles. The molecule has 4 rings (SSSR count). The maximum absolute atomic E-state index is 11.3. The van der Waals surface area contributed by atoms with Crippen LogP contribution in [0.4, 0.5) is 11.6 Å². The van der Waals surface area contributed by atoms with Crippen molar-refractivity contribution in [1.29, 1.82) is 0 Å². The molecule has 0 saturated heterocycles. The number of nitrogens with zero attached hydrogens (tertiary/aromatic N) is 3. The number of pyridine rings is 1. The molecule has 1 amide bonds. The fraction of sp³-hybridized carbons (Fsp3) is 0.208. The van der Waals surface area contributed by atoms with Gasteiger partial charge >= 0.3 is 0 Å². The molecule has 0 fully saturated rings. The number of carbonyl (C=O) groups excluding carboxylic acids is 1. The van der Waals surface area contributed by atoms with Crippen molar-refractivity contribution >= 4 is 28.6 Å². The lowest BCUT2D eigenvalue weighted by atomic mass is 9.87. The lowest BCUT2D eigenvalue weighted by molar-refractivity contribution is 0.0995. The number of ether oxygens (including phenoxy) is 1. The molecule has 0 saturated carbocycles. The predicted octanol–water partition coefficient (Wildman–Crippen LogP) is 4.90. The molecule has 4 aromatic rings. The summed E-state index contributed by atoms with van der Waals surface area (Å²) in [5.74, 6) is 1.22. The Bertz CT molecular complexity index is 1270. The van der Waals surface area contributed by atoms with E-state index in [1.807, 2.05) is 41.9 Å². The fourth-order valence-corrected chi connectivity index (χ4v) is 3.29. The van der Waals surface area contributed by atoms with Crippen LogP contribution in [0.2, 0.25) is 0 Å². The summed E-state index contributed by atoms with van der Waals surface area (Å²) >= 11 is 0. The van der Waals surface area contributed by atoms with Gasteiger partial charge in [-0.15, -0.1) is 0 Å². The van der Waals surface area contributed by atoms with Crippen LogP contribution in [0.3, 0.4) is 0 Å². The van der Waals surface area contributed by atoms with Crippen LogP contribution in [0.25, 0.3) is 11.0 Å². The van der Waals surface area contributed by atoms with Gasteiger partial charge in [0.25, 0.3) is 5.91 Å². The molecule has 2 aromatic heterocycles. The summed E-state index contributed by atoms with van der Waals surface area (Å²) in [6.07, 6.45) is 1.49. The zero-order chi connectivity index (χ0) is 22.2. The van der Waals surface area contributed by atoms with Crippen molar-refractivity contribution < 1.29 is 9.53 Å². The second-order valence-electron chi connectivity index (χ2n) is 8.44. The molecule has 158 valence electrons. The smallest absolute Gasteiger partial charge is 0.267 e. The number of hydrogen-bond acceptors (Lipinski definition) is 5. The number of nitrogens with two attached hydrogens (primary N) is 1. The molecule has 0 radical (unpaired) electrons. The van der Waals surface area contributed by atoms with Crippen LogP contribution in [0.15, 0.2) is 60.8 Å². The Morgan fingerprint density at radius 2 is 1.84 bits per heavy atom. The van der Waals surface area contributed by atoms with Crippen molar-refractivity contribution in [1.82, 2.24) is 14.5 Å². The zero-order valence-corrected chi connectivity index (χ0v) is 18.0. The van der Waals surface area contributed by atoms with E-state index in [9.17, 15) is 4.79 Å². The summed E-state index contributed by atoms with van der Waals surface area (Å²) < 4.78 is 7.88. The lowest BCUT2D eigenvalue weighted by Crippen LogP contribution is -2.12. The molecule has 0 atom stereocenters. The van der Waals surface area contributed by atoms with Crippen molar-refractivity contribution in [2.24, 2.45) is 12.8 Å². The highest BCUT2D eigenvalue weighted by Gasteiger charge is 2.15. The van der Waals surface area contributed by atoms with Crippen LogP contribution in [0.5, 0.6) is 11.5 Å². The van der Waals surface area contributed by atoms with Crippen LogP contribution in [0.1, 0.15) is 36.8 Å². The average Bonchev–Trinajstić information content (AvgIpc) is 3.02. The quantitative estimate of drug-likeness (QED) is 0.483. The number of carbonyl (C=O) groups is 1. The third-order valence-electron chi connectivity index (χ3n) is 5.06. The Hall–Kier alpha value is -3.87. The first-order chi connectivity index (χ1) is 14.7. The molecule has 7 nitrogen and oxygen atoms in total. The molecule has 3 N–H and O–H groups in total. The lowest BCUT2D eigenvalue weighted by Gasteiger charge is -2.20. The Kier molecular flexibility index (Phi) is 5.10. The maximum atomic E-state index is 11.3. The second-order valence-corrected chi connectivity index (χ2v) is 8.44. The summed E-state index contributed by atoms with van der Waals surface area (Å²) in [7, 11) is 1.97. The van der Waals surface area contributed by atoms with Crippen molar-refractivity contribution in [3.8, 4) is 11.5 Å². The molecule has 0 spiro atoms. The van der Waals surface area contributed by atoms with Gasteiger partial charge in [0, 0.05) is 31.1 Å². The van der Waals surface area contributed by atoms with Crippen LogP contribution >= 0.6 is 0 Å². The Morgan fingerprint density at radius 1 is 1.06 bits per heavy atom. The highest BCUT2D eigenvalue weighted by Crippen LogP contribution is 2.29. The Balaban J connectivity index is 1.61. The van der Waals surface area contributed by atoms with Gasteiger partial charge in [-0.2, -0.15) is 0 Å². The molecule has 2 heterocycles.